The second-order valence-electron chi connectivity index (χ2n) is 11.5. The Morgan fingerprint density at radius 3 is 2.51 bits per heavy atom. The third-order valence-corrected chi connectivity index (χ3v) is 8.56. The van der Waals surface area contributed by atoms with Gasteiger partial charge in [0, 0.05) is 60.5 Å². The van der Waals surface area contributed by atoms with Crippen LogP contribution in [0.15, 0.2) is 53.5 Å². The summed E-state index contributed by atoms with van der Waals surface area (Å²) in [4.78, 5) is 16.6. The molecule has 0 spiro atoms. The van der Waals surface area contributed by atoms with E-state index >= 15 is 0 Å². The van der Waals surface area contributed by atoms with E-state index in [9.17, 15) is 4.79 Å². The second-order valence-corrected chi connectivity index (χ2v) is 11.5. The number of aromatic nitrogens is 1. The molecule has 3 fully saturated rings. The largest absolute Gasteiger partial charge is 0.490 e. The molecule has 1 atom stereocenters. The van der Waals surface area contributed by atoms with E-state index in [2.05, 4.69) is 33.1 Å². The van der Waals surface area contributed by atoms with Crippen LogP contribution in [0.3, 0.4) is 0 Å². The van der Waals surface area contributed by atoms with Gasteiger partial charge in [-0.25, -0.2) is 4.79 Å². The Hall–Kier alpha value is -3.78. The van der Waals surface area contributed by atoms with Crippen LogP contribution < -0.4 is 15.8 Å². The van der Waals surface area contributed by atoms with Crippen molar-refractivity contribution < 1.29 is 19.0 Å². The molecule has 2 aromatic carbocycles. The summed E-state index contributed by atoms with van der Waals surface area (Å²) >= 11 is 0. The number of aliphatic imine (C=N–C) groups is 1. The highest BCUT2D eigenvalue weighted by molar-refractivity contribution is 6.03. The van der Waals surface area contributed by atoms with Gasteiger partial charge in [0.15, 0.2) is 0 Å². The highest BCUT2D eigenvalue weighted by Crippen LogP contribution is 2.45. The normalized spacial score (nSPS) is 19.3. The Labute approximate surface area is 241 Å². The maximum Gasteiger partial charge on any atom is 0.411 e. The van der Waals surface area contributed by atoms with Crippen molar-refractivity contribution in [1.82, 2.24) is 4.57 Å². The van der Waals surface area contributed by atoms with Crippen LogP contribution in [-0.2, 0) is 9.47 Å². The van der Waals surface area contributed by atoms with E-state index in [1.54, 1.807) is 13.3 Å². The molecule has 8 nitrogen and oxygen atoms in total. The number of carbonyl (C=O) groups is 1. The Morgan fingerprint density at radius 1 is 1.10 bits per heavy atom. The molecule has 1 saturated heterocycles. The van der Waals surface area contributed by atoms with Gasteiger partial charge in [0.2, 0.25) is 0 Å². The fraction of sp³-hybridized carbons (Fsp3) is 0.455. The molecule has 1 unspecified atom stereocenters. The lowest BCUT2D eigenvalue weighted by Gasteiger charge is -2.30. The molecule has 3 aliphatic rings. The van der Waals surface area contributed by atoms with E-state index in [0.29, 0.717) is 23.3 Å². The van der Waals surface area contributed by atoms with Gasteiger partial charge in [-0.05, 0) is 80.9 Å². The fourth-order valence-corrected chi connectivity index (χ4v) is 5.88. The summed E-state index contributed by atoms with van der Waals surface area (Å²) in [6, 6.07) is 14.7. The molecule has 8 heteroatoms. The highest BCUT2D eigenvalue weighted by atomic mass is 16.6. The van der Waals surface area contributed by atoms with Gasteiger partial charge in [0.25, 0.3) is 0 Å². The summed E-state index contributed by atoms with van der Waals surface area (Å²) in [6.07, 6.45) is 10.8. The number of hydrogen-bond acceptors (Lipinski definition) is 6. The molecule has 3 aromatic rings. The number of benzene rings is 2. The third-order valence-electron chi connectivity index (χ3n) is 8.56. The van der Waals surface area contributed by atoms with Crippen LogP contribution >= 0.6 is 0 Å². The first kappa shape index (κ1) is 27.4. The zero-order valence-electron chi connectivity index (χ0n) is 24.0. The molecule has 2 heterocycles. The van der Waals surface area contributed by atoms with Gasteiger partial charge < -0.3 is 24.5 Å². The van der Waals surface area contributed by atoms with Crippen LogP contribution in [-0.4, -0.2) is 49.3 Å². The molecule has 0 radical (unpaired) electrons. The smallest absolute Gasteiger partial charge is 0.411 e. The monoisotopic (exact) mass is 556 g/mol. The van der Waals surface area contributed by atoms with Crippen molar-refractivity contribution in [2.45, 2.75) is 70.1 Å². The standard InChI is InChI=1S/C33H40N4O4/c1-21(22-6-7-22)40-33(38)36-24-10-8-23(9-11-24)32-31(29(34)14-17-35-2)28-13-12-27(41-26-15-18-39-19-16-26)20-30(28)37(32)25-4-3-5-25/h8-14,17,20-22,25-26H,3-7,15-16,18-19,34H2,1-2H3,(H,36,38). The molecule has 1 aliphatic heterocycles. The molecule has 41 heavy (non-hydrogen) atoms. The molecule has 2 saturated carbocycles. The van der Waals surface area contributed by atoms with Gasteiger partial charge in [-0.1, -0.05) is 12.1 Å². The number of nitrogens with one attached hydrogen (secondary N) is 1. The predicted molar refractivity (Wildman–Crippen MR) is 164 cm³/mol. The quantitative estimate of drug-likeness (QED) is 0.278. The van der Waals surface area contributed by atoms with E-state index in [1.165, 1.54) is 6.42 Å². The molecule has 6 rings (SSSR count). The van der Waals surface area contributed by atoms with Gasteiger partial charge in [0.05, 0.1) is 24.4 Å². The van der Waals surface area contributed by atoms with Crippen LogP contribution in [0.5, 0.6) is 5.75 Å². The second kappa shape index (κ2) is 12.0. The Bertz CT molecular complexity index is 1440. The molecule has 2 aliphatic carbocycles. The Morgan fingerprint density at radius 2 is 1.85 bits per heavy atom. The van der Waals surface area contributed by atoms with Crippen molar-refractivity contribution in [3.8, 4) is 17.0 Å². The first-order chi connectivity index (χ1) is 20.0. The number of ether oxygens (including phenoxy) is 3. The maximum atomic E-state index is 12.4. The van der Waals surface area contributed by atoms with Crippen molar-refractivity contribution in [2.24, 2.45) is 16.6 Å². The molecule has 216 valence electrons. The molecule has 1 amide bonds. The number of anilines is 1. The number of hydrogen-bond donors (Lipinski definition) is 2. The summed E-state index contributed by atoms with van der Waals surface area (Å²) in [5, 5.41) is 3.97. The van der Waals surface area contributed by atoms with Crippen molar-refractivity contribution >= 4 is 34.6 Å². The Balaban J connectivity index is 1.38. The topological polar surface area (TPSA) is 100 Å². The lowest BCUT2D eigenvalue weighted by atomic mass is 9.92. The van der Waals surface area contributed by atoms with E-state index in [0.717, 1.165) is 85.2 Å². The maximum absolute atomic E-state index is 12.4. The average Bonchev–Trinajstić information content (AvgIpc) is 3.75. The molecule has 1 aromatic heterocycles. The van der Waals surface area contributed by atoms with Crippen molar-refractivity contribution in [3.05, 3.63) is 54.1 Å². The third kappa shape index (κ3) is 5.98. The molecular weight excluding hydrogens is 516 g/mol. The molecular formula is C33H40N4O4. The number of rotatable bonds is 9. The zero-order valence-corrected chi connectivity index (χ0v) is 24.0. The lowest BCUT2D eigenvalue weighted by Crippen LogP contribution is -2.25. The van der Waals surface area contributed by atoms with Gasteiger partial charge in [-0.2, -0.15) is 0 Å². The fourth-order valence-electron chi connectivity index (χ4n) is 5.88. The summed E-state index contributed by atoms with van der Waals surface area (Å²) in [6.45, 7) is 3.44. The summed E-state index contributed by atoms with van der Waals surface area (Å²) in [5.74, 6) is 1.37. The summed E-state index contributed by atoms with van der Waals surface area (Å²) < 4.78 is 19.9. The number of fused-ring (bicyclic) bond motifs is 1. The SMILES string of the molecule is CN=CC=C(N)c1c(-c2ccc(NC(=O)OC(C)C3CC3)cc2)n(C2CCC2)c2cc(OC3CCOCC3)ccc12. The molecule has 0 bridgehead atoms. The minimum absolute atomic E-state index is 0.0586. The highest BCUT2D eigenvalue weighted by Gasteiger charge is 2.31. The number of allylic oxidation sites excluding steroid dienone is 1. The average molecular weight is 557 g/mol. The number of nitrogens with two attached hydrogens (primary N) is 1. The van der Waals surface area contributed by atoms with E-state index in [1.807, 2.05) is 37.3 Å². The Kier molecular flexibility index (Phi) is 8.01. The summed E-state index contributed by atoms with van der Waals surface area (Å²) in [7, 11) is 1.74. The molecule has 3 N–H and O–H groups in total. The number of nitrogens with zero attached hydrogens (tertiary/aromatic N) is 2. The van der Waals surface area contributed by atoms with Crippen LogP contribution in [0.25, 0.3) is 27.9 Å². The van der Waals surface area contributed by atoms with Crippen LogP contribution in [0, 0.1) is 5.92 Å². The first-order valence-corrected chi connectivity index (χ1v) is 14.9. The van der Waals surface area contributed by atoms with Crippen LogP contribution in [0.1, 0.15) is 63.5 Å². The number of carbonyl (C=O) groups excluding carboxylic acids is 1. The van der Waals surface area contributed by atoms with Gasteiger partial charge in [-0.3, -0.25) is 10.3 Å². The summed E-state index contributed by atoms with van der Waals surface area (Å²) in [5.41, 5.74) is 12.3. The predicted octanol–water partition coefficient (Wildman–Crippen LogP) is 6.94. The zero-order chi connectivity index (χ0) is 28.3. The van der Waals surface area contributed by atoms with Crippen molar-refractivity contribution in [3.63, 3.8) is 0 Å². The van der Waals surface area contributed by atoms with Crippen LogP contribution in [0.4, 0.5) is 10.5 Å². The minimum atomic E-state index is -0.412. The number of amides is 1. The van der Waals surface area contributed by atoms with E-state index < -0.39 is 6.09 Å². The van der Waals surface area contributed by atoms with Gasteiger partial charge >= 0.3 is 6.09 Å². The van der Waals surface area contributed by atoms with Gasteiger partial charge in [0.1, 0.15) is 18.0 Å². The van der Waals surface area contributed by atoms with Gasteiger partial charge in [-0.15, -0.1) is 0 Å². The van der Waals surface area contributed by atoms with Crippen LogP contribution in [0.2, 0.25) is 0 Å². The first-order valence-electron chi connectivity index (χ1n) is 14.9. The van der Waals surface area contributed by atoms with Crippen molar-refractivity contribution in [1.29, 1.82) is 0 Å². The van der Waals surface area contributed by atoms with E-state index in [4.69, 9.17) is 19.9 Å². The lowest BCUT2D eigenvalue weighted by molar-refractivity contribution is 0.0256. The van der Waals surface area contributed by atoms with E-state index in [-0.39, 0.29) is 12.2 Å². The van der Waals surface area contributed by atoms with Crippen molar-refractivity contribution in [2.75, 3.05) is 25.6 Å². The minimum Gasteiger partial charge on any atom is -0.490 e.